The van der Waals surface area contributed by atoms with Gasteiger partial charge >= 0.3 is 0 Å². The van der Waals surface area contributed by atoms with Crippen molar-refractivity contribution in [3.63, 3.8) is 0 Å². The summed E-state index contributed by atoms with van der Waals surface area (Å²) >= 11 is 4.64. The number of thioether (sulfide) groups is 2. The molecule has 2 heteroatoms. The first-order valence-corrected chi connectivity index (χ1v) is 11.6. The van der Waals surface area contributed by atoms with Crippen molar-refractivity contribution < 1.29 is 0 Å². The van der Waals surface area contributed by atoms with Gasteiger partial charge in [-0.15, -0.1) is 23.5 Å². The standard InChI is InChI=1S/C21H30S2/c1-3-4-9-20-15(2)17-11-10-16-7-5-6-8-18(16)19(17)14-21(20)22-12-13-23-21/h5-8,15,17,19-20H,3-4,9-14H2,1-2H3. The molecule has 3 aliphatic rings. The van der Waals surface area contributed by atoms with Gasteiger partial charge in [0.1, 0.15) is 0 Å². The SMILES string of the molecule is CCCCC1C(C)C2CCc3ccccc3C2CC12SCCS2. The lowest BCUT2D eigenvalue weighted by Gasteiger charge is -2.53. The van der Waals surface area contributed by atoms with Crippen LogP contribution in [0.2, 0.25) is 0 Å². The summed E-state index contributed by atoms with van der Waals surface area (Å²) in [6, 6.07) is 9.35. The van der Waals surface area contributed by atoms with Crippen molar-refractivity contribution in [2.24, 2.45) is 17.8 Å². The van der Waals surface area contributed by atoms with E-state index in [1.807, 2.05) is 0 Å². The van der Waals surface area contributed by atoms with Gasteiger partial charge in [-0.05, 0) is 60.5 Å². The lowest BCUT2D eigenvalue weighted by atomic mass is 9.59. The first-order chi connectivity index (χ1) is 11.2. The number of rotatable bonds is 3. The second-order valence-electron chi connectivity index (χ2n) is 7.83. The quantitative estimate of drug-likeness (QED) is 0.625. The molecule has 1 spiro atoms. The minimum Gasteiger partial charge on any atom is -0.143 e. The van der Waals surface area contributed by atoms with Crippen LogP contribution in [0.25, 0.3) is 0 Å². The van der Waals surface area contributed by atoms with E-state index in [0.717, 1.165) is 23.7 Å². The zero-order valence-corrected chi connectivity index (χ0v) is 16.2. The Bertz CT molecular complexity index is 547. The van der Waals surface area contributed by atoms with Crippen molar-refractivity contribution in [3.05, 3.63) is 35.4 Å². The van der Waals surface area contributed by atoms with E-state index in [1.165, 1.54) is 50.0 Å². The maximum absolute atomic E-state index is 2.60. The third-order valence-corrected chi connectivity index (χ3v) is 10.4. The molecule has 2 aliphatic carbocycles. The third kappa shape index (κ3) is 2.78. The molecule has 2 fully saturated rings. The van der Waals surface area contributed by atoms with Gasteiger partial charge in [-0.2, -0.15) is 0 Å². The second-order valence-corrected chi connectivity index (χ2v) is 10.9. The molecule has 1 heterocycles. The molecule has 1 saturated carbocycles. The van der Waals surface area contributed by atoms with Gasteiger partial charge in [0.15, 0.2) is 0 Å². The maximum atomic E-state index is 2.60. The van der Waals surface area contributed by atoms with Crippen LogP contribution in [0.4, 0.5) is 0 Å². The molecule has 4 unspecified atom stereocenters. The molecule has 1 aromatic carbocycles. The highest BCUT2D eigenvalue weighted by Gasteiger charge is 2.54. The smallest absolute Gasteiger partial charge is 0.0648 e. The Balaban J connectivity index is 1.68. The Labute approximate surface area is 150 Å². The average molecular weight is 347 g/mol. The first kappa shape index (κ1) is 16.4. The molecule has 0 radical (unpaired) electrons. The summed E-state index contributed by atoms with van der Waals surface area (Å²) in [5, 5.41) is 0. The summed E-state index contributed by atoms with van der Waals surface area (Å²) in [5.74, 6) is 6.33. The van der Waals surface area contributed by atoms with Crippen LogP contribution in [0, 0.1) is 17.8 Å². The van der Waals surface area contributed by atoms with E-state index >= 15 is 0 Å². The molecule has 0 aromatic heterocycles. The summed E-state index contributed by atoms with van der Waals surface area (Å²) in [4.78, 5) is 0. The summed E-state index contributed by atoms with van der Waals surface area (Å²) in [6.45, 7) is 4.96. The third-order valence-electron chi connectivity index (χ3n) is 6.74. The summed E-state index contributed by atoms with van der Waals surface area (Å²) in [5.41, 5.74) is 3.35. The molecular formula is C21H30S2. The van der Waals surface area contributed by atoms with Crippen LogP contribution < -0.4 is 0 Å². The number of hydrogen-bond donors (Lipinski definition) is 0. The number of fused-ring (bicyclic) bond motifs is 3. The van der Waals surface area contributed by atoms with Gasteiger partial charge in [-0.1, -0.05) is 51.0 Å². The molecule has 0 bridgehead atoms. The number of aryl methyl sites for hydroxylation is 1. The summed E-state index contributed by atoms with van der Waals surface area (Å²) in [6.07, 6.45) is 8.41. The average Bonchev–Trinajstić information content (AvgIpc) is 3.03. The highest BCUT2D eigenvalue weighted by Crippen LogP contribution is 2.64. The number of unbranched alkanes of at least 4 members (excludes halogenated alkanes) is 1. The van der Waals surface area contributed by atoms with Gasteiger partial charge in [0.05, 0.1) is 4.08 Å². The minimum absolute atomic E-state index is 0.528. The van der Waals surface area contributed by atoms with Gasteiger partial charge in [0.2, 0.25) is 0 Å². The van der Waals surface area contributed by atoms with Crippen LogP contribution in [-0.4, -0.2) is 15.6 Å². The topological polar surface area (TPSA) is 0 Å². The van der Waals surface area contributed by atoms with E-state index in [0.29, 0.717) is 4.08 Å². The van der Waals surface area contributed by atoms with E-state index in [9.17, 15) is 0 Å². The molecule has 4 atom stereocenters. The number of benzene rings is 1. The largest absolute Gasteiger partial charge is 0.143 e. The van der Waals surface area contributed by atoms with Crippen molar-refractivity contribution in [3.8, 4) is 0 Å². The fraction of sp³-hybridized carbons (Fsp3) is 0.714. The van der Waals surface area contributed by atoms with Crippen LogP contribution in [0.15, 0.2) is 24.3 Å². The van der Waals surface area contributed by atoms with Gasteiger partial charge in [-0.3, -0.25) is 0 Å². The molecule has 126 valence electrons. The molecule has 1 aliphatic heterocycles. The molecule has 0 nitrogen and oxygen atoms in total. The zero-order valence-electron chi connectivity index (χ0n) is 14.6. The molecule has 1 aromatic rings. The maximum Gasteiger partial charge on any atom is 0.0648 e. The van der Waals surface area contributed by atoms with Crippen molar-refractivity contribution in [2.45, 2.75) is 62.4 Å². The van der Waals surface area contributed by atoms with Crippen molar-refractivity contribution >= 4 is 23.5 Å². The Morgan fingerprint density at radius 3 is 2.74 bits per heavy atom. The fourth-order valence-electron chi connectivity index (χ4n) is 5.63. The van der Waals surface area contributed by atoms with Crippen LogP contribution in [0.5, 0.6) is 0 Å². The highest BCUT2D eigenvalue weighted by molar-refractivity contribution is 8.21. The molecule has 23 heavy (non-hydrogen) atoms. The monoisotopic (exact) mass is 346 g/mol. The van der Waals surface area contributed by atoms with Gasteiger partial charge in [0, 0.05) is 11.5 Å². The fourth-order valence-corrected chi connectivity index (χ4v) is 9.51. The predicted octanol–water partition coefficient (Wildman–Crippen LogP) is 6.36. The Hall–Kier alpha value is -0.0800. The highest BCUT2D eigenvalue weighted by atomic mass is 32.2. The molecule has 0 amide bonds. The predicted molar refractivity (Wildman–Crippen MR) is 105 cm³/mol. The Kier molecular flexibility index (Phi) is 4.75. The van der Waals surface area contributed by atoms with E-state index in [1.54, 1.807) is 11.1 Å². The number of hydrogen-bond acceptors (Lipinski definition) is 2. The van der Waals surface area contributed by atoms with E-state index in [2.05, 4.69) is 61.6 Å². The lowest BCUT2D eigenvalue weighted by Crippen LogP contribution is -2.47. The van der Waals surface area contributed by atoms with Gasteiger partial charge in [0.25, 0.3) is 0 Å². The second kappa shape index (κ2) is 6.67. The van der Waals surface area contributed by atoms with Gasteiger partial charge < -0.3 is 0 Å². The van der Waals surface area contributed by atoms with Crippen LogP contribution in [0.3, 0.4) is 0 Å². The van der Waals surface area contributed by atoms with Crippen LogP contribution >= 0.6 is 23.5 Å². The Morgan fingerprint density at radius 2 is 1.96 bits per heavy atom. The van der Waals surface area contributed by atoms with Gasteiger partial charge in [-0.25, -0.2) is 0 Å². The van der Waals surface area contributed by atoms with Crippen molar-refractivity contribution in [1.29, 1.82) is 0 Å². The first-order valence-electron chi connectivity index (χ1n) is 9.61. The van der Waals surface area contributed by atoms with Crippen LogP contribution in [-0.2, 0) is 6.42 Å². The summed E-state index contributed by atoms with van der Waals surface area (Å²) < 4.78 is 0.528. The molecule has 0 N–H and O–H groups in total. The Morgan fingerprint density at radius 1 is 1.17 bits per heavy atom. The van der Waals surface area contributed by atoms with E-state index < -0.39 is 0 Å². The van der Waals surface area contributed by atoms with Crippen molar-refractivity contribution in [1.82, 2.24) is 0 Å². The molecule has 1 saturated heterocycles. The van der Waals surface area contributed by atoms with E-state index in [4.69, 9.17) is 0 Å². The summed E-state index contributed by atoms with van der Waals surface area (Å²) in [7, 11) is 0. The lowest BCUT2D eigenvalue weighted by molar-refractivity contribution is 0.114. The zero-order chi connectivity index (χ0) is 15.9. The molecular weight excluding hydrogens is 316 g/mol. The normalized spacial score (nSPS) is 35.0. The minimum atomic E-state index is 0.528. The van der Waals surface area contributed by atoms with E-state index in [-0.39, 0.29) is 0 Å². The molecule has 4 rings (SSSR count). The van der Waals surface area contributed by atoms with Crippen LogP contribution in [0.1, 0.15) is 63.0 Å². The van der Waals surface area contributed by atoms with Crippen molar-refractivity contribution in [2.75, 3.05) is 11.5 Å².